The number of hydrogen-bond acceptors (Lipinski definition) is 4. The molecular weight excluding hydrogens is 827 g/mol. The summed E-state index contributed by atoms with van der Waals surface area (Å²) in [5, 5.41) is 9.83. The van der Waals surface area contributed by atoms with Gasteiger partial charge in [0.05, 0.1) is 34.1 Å². The average Bonchev–Trinajstić information content (AvgIpc) is 3.41. The van der Waals surface area contributed by atoms with Gasteiger partial charge in [-0.05, 0) is 150 Å². The summed E-state index contributed by atoms with van der Waals surface area (Å²) in [5.41, 5.74) is 14.2. The van der Waals surface area contributed by atoms with Crippen molar-refractivity contribution in [3.63, 3.8) is 0 Å². The molecule has 2 aliphatic heterocycles. The Morgan fingerprint density at radius 3 is 1.35 bits per heavy atom. The van der Waals surface area contributed by atoms with Crippen LogP contribution in [0.1, 0.15) is 0 Å². The number of nitrogens with zero attached hydrogens (tertiary/aromatic N) is 3. The van der Waals surface area contributed by atoms with Crippen molar-refractivity contribution in [2.45, 2.75) is 0 Å². The maximum atomic E-state index is 6.82. The molecule has 318 valence electrons. The van der Waals surface area contributed by atoms with E-state index in [1.54, 1.807) is 0 Å². The van der Waals surface area contributed by atoms with Gasteiger partial charge in [-0.1, -0.05) is 164 Å². The molecule has 2 aliphatic rings. The highest BCUT2D eigenvalue weighted by Crippen LogP contribution is 2.57. The van der Waals surface area contributed by atoms with E-state index in [0.717, 1.165) is 84.6 Å². The van der Waals surface area contributed by atoms with Crippen molar-refractivity contribution >= 4 is 94.3 Å². The third kappa shape index (κ3) is 6.01. The SMILES string of the molecule is c1ccc(-c2ccc(N3c4cc(-c5ccc6c(c5)N(c5ccc7c8ccccc8c8ccccc8c7c5)c5ccccc5N6c5ccccc5)ccc4Oc4cc5ccccc5cc43)cc2)cc1. The Hall–Kier alpha value is -9.12. The molecule has 4 heteroatoms. The van der Waals surface area contributed by atoms with Gasteiger partial charge in [0.25, 0.3) is 0 Å². The van der Waals surface area contributed by atoms with E-state index in [1.807, 2.05) is 0 Å². The van der Waals surface area contributed by atoms with Gasteiger partial charge in [-0.15, -0.1) is 0 Å². The molecular formula is C64H41N3O. The van der Waals surface area contributed by atoms with Gasteiger partial charge in [-0.3, -0.25) is 0 Å². The number of rotatable bonds is 5. The molecule has 0 saturated carbocycles. The van der Waals surface area contributed by atoms with Crippen molar-refractivity contribution in [3.8, 4) is 33.8 Å². The minimum absolute atomic E-state index is 0.809. The number of benzene rings is 12. The van der Waals surface area contributed by atoms with Crippen LogP contribution < -0.4 is 19.4 Å². The number of hydrogen-bond donors (Lipinski definition) is 0. The van der Waals surface area contributed by atoms with Crippen LogP contribution in [0.4, 0.5) is 51.2 Å². The van der Waals surface area contributed by atoms with E-state index in [9.17, 15) is 0 Å². The molecule has 0 saturated heterocycles. The quantitative estimate of drug-likeness (QED) is 0.160. The van der Waals surface area contributed by atoms with Crippen molar-refractivity contribution in [3.05, 3.63) is 249 Å². The van der Waals surface area contributed by atoms with Crippen LogP contribution in [0.3, 0.4) is 0 Å². The maximum absolute atomic E-state index is 6.82. The van der Waals surface area contributed by atoms with E-state index in [-0.39, 0.29) is 0 Å². The van der Waals surface area contributed by atoms with Crippen molar-refractivity contribution < 1.29 is 4.74 Å². The van der Waals surface area contributed by atoms with Crippen LogP contribution in [-0.4, -0.2) is 0 Å². The number of anilines is 9. The van der Waals surface area contributed by atoms with Crippen LogP contribution in [0.5, 0.6) is 11.5 Å². The smallest absolute Gasteiger partial charge is 0.152 e. The first-order valence-corrected chi connectivity index (χ1v) is 23.2. The molecule has 0 bridgehead atoms. The molecule has 68 heavy (non-hydrogen) atoms. The fourth-order valence-electron chi connectivity index (χ4n) is 10.7. The molecule has 14 rings (SSSR count). The van der Waals surface area contributed by atoms with E-state index in [4.69, 9.17) is 4.74 Å². The van der Waals surface area contributed by atoms with Crippen LogP contribution in [0, 0.1) is 0 Å². The van der Waals surface area contributed by atoms with E-state index >= 15 is 0 Å². The second kappa shape index (κ2) is 15.2. The molecule has 0 radical (unpaired) electrons. The van der Waals surface area contributed by atoms with Gasteiger partial charge >= 0.3 is 0 Å². The van der Waals surface area contributed by atoms with Crippen LogP contribution in [0.15, 0.2) is 249 Å². The van der Waals surface area contributed by atoms with E-state index in [1.165, 1.54) is 43.4 Å². The van der Waals surface area contributed by atoms with Crippen molar-refractivity contribution in [1.29, 1.82) is 0 Å². The lowest BCUT2D eigenvalue weighted by atomic mass is 9.93. The second-order valence-corrected chi connectivity index (χ2v) is 17.7. The number of ether oxygens (including phenoxy) is 1. The molecule has 12 aromatic carbocycles. The molecule has 0 fully saturated rings. The van der Waals surface area contributed by atoms with Gasteiger partial charge in [-0.25, -0.2) is 0 Å². The first-order valence-electron chi connectivity index (χ1n) is 23.2. The fourth-order valence-corrected chi connectivity index (χ4v) is 10.7. The van der Waals surface area contributed by atoms with E-state index < -0.39 is 0 Å². The minimum Gasteiger partial charge on any atom is -0.453 e. The minimum atomic E-state index is 0.809. The van der Waals surface area contributed by atoms with Gasteiger partial charge in [0.1, 0.15) is 0 Å². The first kappa shape index (κ1) is 38.2. The summed E-state index contributed by atoms with van der Waals surface area (Å²) in [6.45, 7) is 0. The molecule has 0 aliphatic carbocycles. The molecule has 0 amide bonds. The summed E-state index contributed by atoms with van der Waals surface area (Å²) in [7, 11) is 0. The summed E-state index contributed by atoms with van der Waals surface area (Å²) in [4.78, 5) is 7.22. The highest BCUT2D eigenvalue weighted by molar-refractivity contribution is 6.26. The predicted octanol–water partition coefficient (Wildman–Crippen LogP) is 18.5. The summed E-state index contributed by atoms with van der Waals surface area (Å²) < 4.78 is 6.82. The molecule has 12 aromatic rings. The predicted molar refractivity (Wildman–Crippen MR) is 285 cm³/mol. The Labute approximate surface area is 394 Å². The number of fused-ring (bicyclic) bond motifs is 11. The largest absolute Gasteiger partial charge is 0.453 e. The normalized spacial score (nSPS) is 12.7. The number of para-hydroxylation sites is 3. The molecule has 4 nitrogen and oxygen atoms in total. The molecule has 0 unspecified atom stereocenters. The Bertz CT molecular complexity index is 3920. The standard InChI is InChI=1S/C64H41N3O/c1-3-15-42(16-4-1)43-27-31-49(32-28-43)66-61-39-47(30-36-63(61)68-64-40-45-18-8-7-17-44(45)38-62(64)66)46-29-35-59-60(37-46)67(58-26-14-13-25-57(58)65(59)48-19-5-2-6-20-48)50-33-34-55-53-23-10-9-21-51(53)52-22-11-12-24-54(52)56(55)41-50/h1-41H. The lowest BCUT2D eigenvalue weighted by Crippen LogP contribution is -2.24. The molecule has 0 N–H and O–H groups in total. The molecule has 0 spiro atoms. The van der Waals surface area contributed by atoms with Gasteiger partial charge < -0.3 is 19.4 Å². The summed E-state index contributed by atoms with van der Waals surface area (Å²) >= 11 is 0. The Morgan fingerprint density at radius 2 is 0.662 bits per heavy atom. The lowest BCUT2D eigenvalue weighted by Gasteiger charge is -2.40. The zero-order chi connectivity index (χ0) is 44.7. The summed E-state index contributed by atoms with van der Waals surface area (Å²) in [5.74, 6) is 1.64. The third-order valence-electron chi connectivity index (χ3n) is 13.9. The summed E-state index contributed by atoms with van der Waals surface area (Å²) in [6.07, 6.45) is 0. The molecule has 0 atom stereocenters. The zero-order valence-corrected chi connectivity index (χ0v) is 36.9. The molecule has 2 heterocycles. The topological polar surface area (TPSA) is 19.0 Å². The van der Waals surface area contributed by atoms with Crippen molar-refractivity contribution in [1.82, 2.24) is 0 Å². The Balaban J connectivity index is 0.958. The maximum Gasteiger partial charge on any atom is 0.152 e. The first-order chi connectivity index (χ1) is 33.7. The van der Waals surface area contributed by atoms with Crippen LogP contribution in [-0.2, 0) is 0 Å². The monoisotopic (exact) mass is 867 g/mol. The lowest BCUT2D eigenvalue weighted by molar-refractivity contribution is 0.478. The Morgan fingerprint density at radius 1 is 0.221 bits per heavy atom. The van der Waals surface area contributed by atoms with Gasteiger partial charge in [0.15, 0.2) is 11.5 Å². The third-order valence-corrected chi connectivity index (χ3v) is 13.9. The van der Waals surface area contributed by atoms with Crippen molar-refractivity contribution in [2.24, 2.45) is 0 Å². The fraction of sp³-hybridized carbons (Fsp3) is 0. The highest BCUT2D eigenvalue weighted by atomic mass is 16.5. The van der Waals surface area contributed by atoms with Crippen LogP contribution >= 0.6 is 0 Å². The Kier molecular flexibility index (Phi) is 8.55. The van der Waals surface area contributed by atoms with E-state index in [0.29, 0.717) is 0 Å². The van der Waals surface area contributed by atoms with Gasteiger partial charge in [0, 0.05) is 17.1 Å². The molecule has 0 aromatic heterocycles. The highest BCUT2D eigenvalue weighted by Gasteiger charge is 2.32. The zero-order valence-electron chi connectivity index (χ0n) is 36.9. The summed E-state index contributed by atoms with van der Waals surface area (Å²) in [6, 6.07) is 90.1. The van der Waals surface area contributed by atoms with Crippen LogP contribution in [0.2, 0.25) is 0 Å². The van der Waals surface area contributed by atoms with Gasteiger partial charge in [0.2, 0.25) is 0 Å². The van der Waals surface area contributed by atoms with Gasteiger partial charge in [-0.2, -0.15) is 0 Å². The van der Waals surface area contributed by atoms with E-state index in [2.05, 4.69) is 263 Å². The van der Waals surface area contributed by atoms with Crippen molar-refractivity contribution in [2.75, 3.05) is 14.7 Å². The average molecular weight is 868 g/mol. The second-order valence-electron chi connectivity index (χ2n) is 17.7. The van der Waals surface area contributed by atoms with Crippen LogP contribution in [0.25, 0.3) is 65.3 Å².